The van der Waals surface area contributed by atoms with Crippen LogP contribution in [0.5, 0.6) is 0 Å². The van der Waals surface area contributed by atoms with Crippen LogP contribution in [-0.2, 0) is 14.8 Å². The van der Waals surface area contributed by atoms with Crippen LogP contribution in [0.3, 0.4) is 0 Å². The first-order chi connectivity index (χ1) is 12.8. The summed E-state index contributed by atoms with van der Waals surface area (Å²) in [5.74, 6) is -0.488. The molecule has 0 saturated heterocycles. The Morgan fingerprint density at radius 3 is 2.41 bits per heavy atom. The number of anilines is 1. The number of sulfonamides is 1. The minimum Gasteiger partial charge on any atom is -0.342 e. The number of likely N-dealkylation sites (N-methyl/N-ethyl adjacent to an activating group) is 2. The molecule has 1 aromatic carbocycles. The summed E-state index contributed by atoms with van der Waals surface area (Å²) < 4.78 is 27.3. The van der Waals surface area contributed by atoms with E-state index in [-0.39, 0.29) is 28.3 Å². The van der Waals surface area contributed by atoms with Gasteiger partial charge in [-0.2, -0.15) is 0 Å². The molecule has 146 valence electrons. The summed E-state index contributed by atoms with van der Waals surface area (Å²) in [5, 5.41) is 1.68. The third-order valence-corrected chi connectivity index (χ3v) is 6.74. The van der Waals surface area contributed by atoms with Crippen LogP contribution in [0.25, 0.3) is 0 Å². The van der Waals surface area contributed by atoms with Crippen molar-refractivity contribution in [2.75, 3.05) is 31.4 Å². The molecular weight excluding hydrogens is 386 g/mol. The molecule has 2 aromatic rings. The van der Waals surface area contributed by atoms with E-state index in [2.05, 4.69) is 4.72 Å². The molecule has 2 amide bonds. The van der Waals surface area contributed by atoms with Crippen molar-refractivity contribution < 1.29 is 18.0 Å². The number of hydrogen-bond acceptors (Lipinski definition) is 5. The van der Waals surface area contributed by atoms with Crippen LogP contribution in [0.4, 0.5) is 5.69 Å². The van der Waals surface area contributed by atoms with E-state index >= 15 is 0 Å². The topological polar surface area (TPSA) is 86.8 Å². The van der Waals surface area contributed by atoms with Crippen molar-refractivity contribution in [1.29, 1.82) is 0 Å². The molecule has 1 aromatic heterocycles. The predicted octanol–water partition coefficient (Wildman–Crippen LogP) is 2.49. The second-order valence-electron chi connectivity index (χ2n) is 5.85. The van der Waals surface area contributed by atoms with Crippen LogP contribution >= 0.6 is 11.3 Å². The van der Waals surface area contributed by atoms with Gasteiger partial charge in [0, 0.05) is 31.4 Å². The number of amides is 2. The molecule has 0 fully saturated rings. The van der Waals surface area contributed by atoms with Crippen molar-refractivity contribution >= 4 is 38.9 Å². The van der Waals surface area contributed by atoms with E-state index in [1.165, 1.54) is 17.0 Å². The van der Waals surface area contributed by atoms with E-state index in [4.69, 9.17) is 0 Å². The molecule has 0 saturated carbocycles. The molecule has 0 atom stereocenters. The minimum atomic E-state index is -3.69. The fourth-order valence-corrected chi connectivity index (χ4v) is 4.55. The lowest BCUT2D eigenvalue weighted by Gasteiger charge is -2.23. The first-order valence-electron chi connectivity index (χ1n) is 8.48. The van der Waals surface area contributed by atoms with Gasteiger partial charge in [-0.25, -0.2) is 8.42 Å². The monoisotopic (exact) mass is 409 g/mol. The van der Waals surface area contributed by atoms with Crippen LogP contribution in [0.2, 0.25) is 0 Å². The van der Waals surface area contributed by atoms with Gasteiger partial charge in [-0.3, -0.25) is 14.3 Å². The second kappa shape index (κ2) is 9.01. The first-order valence-corrected chi connectivity index (χ1v) is 10.8. The molecule has 1 heterocycles. The standard InChI is InChI=1S/C18H23N3O4S2/c1-4-21(5-2)16(22)13-20(3)18(23)14-8-6-9-15(12-14)19-27(24,25)17-10-7-11-26-17/h6-12,19H,4-5,13H2,1-3H3. The number of carbonyl (C=O) groups excluding carboxylic acids is 2. The molecule has 0 bridgehead atoms. The number of nitrogens with zero attached hydrogens (tertiary/aromatic N) is 2. The first kappa shape index (κ1) is 20.9. The Balaban J connectivity index is 2.12. The summed E-state index contributed by atoms with van der Waals surface area (Å²) in [6.07, 6.45) is 0. The fraction of sp³-hybridized carbons (Fsp3) is 0.333. The zero-order chi connectivity index (χ0) is 20.0. The molecule has 0 radical (unpaired) electrons. The van der Waals surface area contributed by atoms with E-state index in [9.17, 15) is 18.0 Å². The smallest absolute Gasteiger partial charge is 0.271 e. The Morgan fingerprint density at radius 2 is 1.81 bits per heavy atom. The highest BCUT2D eigenvalue weighted by Gasteiger charge is 2.19. The Labute approximate surface area is 163 Å². The highest BCUT2D eigenvalue weighted by Crippen LogP contribution is 2.21. The van der Waals surface area contributed by atoms with Gasteiger partial charge in [0.15, 0.2) is 0 Å². The van der Waals surface area contributed by atoms with Gasteiger partial charge in [0.1, 0.15) is 4.21 Å². The molecule has 1 N–H and O–H groups in total. The van der Waals surface area contributed by atoms with E-state index in [0.29, 0.717) is 18.7 Å². The second-order valence-corrected chi connectivity index (χ2v) is 8.70. The van der Waals surface area contributed by atoms with Crippen LogP contribution in [0.15, 0.2) is 46.0 Å². The number of benzene rings is 1. The Morgan fingerprint density at radius 1 is 1.11 bits per heavy atom. The zero-order valence-electron chi connectivity index (χ0n) is 15.5. The van der Waals surface area contributed by atoms with Crippen LogP contribution in [0.1, 0.15) is 24.2 Å². The van der Waals surface area contributed by atoms with E-state index in [1.54, 1.807) is 41.6 Å². The largest absolute Gasteiger partial charge is 0.342 e. The van der Waals surface area contributed by atoms with E-state index in [0.717, 1.165) is 11.3 Å². The van der Waals surface area contributed by atoms with Gasteiger partial charge < -0.3 is 9.80 Å². The molecule has 9 heteroatoms. The maximum Gasteiger partial charge on any atom is 0.271 e. The molecule has 27 heavy (non-hydrogen) atoms. The summed E-state index contributed by atoms with van der Waals surface area (Å²) >= 11 is 1.11. The summed E-state index contributed by atoms with van der Waals surface area (Å²) in [7, 11) is -2.14. The maximum atomic E-state index is 12.6. The average molecular weight is 410 g/mol. The molecule has 0 aliphatic carbocycles. The minimum absolute atomic E-state index is 0.0360. The fourth-order valence-electron chi connectivity index (χ4n) is 2.51. The Hall–Kier alpha value is -2.39. The van der Waals surface area contributed by atoms with Gasteiger partial charge in [0.25, 0.3) is 15.9 Å². The van der Waals surface area contributed by atoms with Gasteiger partial charge in [0.05, 0.1) is 6.54 Å². The molecule has 0 aliphatic heterocycles. The number of hydrogen-bond donors (Lipinski definition) is 1. The zero-order valence-corrected chi connectivity index (χ0v) is 17.1. The Bertz CT molecular complexity index is 891. The van der Waals surface area contributed by atoms with Gasteiger partial charge in [-0.15, -0.1) is 11.3 Å². The molecular formula is C18H23N3O4S2. The van der Waals surface area contributed by atoms with Crippen molar-refractivity contribution in [1.82, 2.24) is 9.80 Å². The average Bonchev–Trinajstić information content (AvgIpc) is 3.17. The summed E-state index contributed by atoms with van der Waals surface area (Å²) in [6, 6.07) is 9.38. The molecule has 2 rings (SSSR count). The Kier molecular flexibility index (Phi) is 6.98. The van der Waals surface area contributed by atoms with Crippen LogP contribution < -0.4 is 4.72 Å². The summed E-state index contributed by atoms with van der Waals surface area (Å²) in [5.41, 5.74) is 0.592. The quantitative estimate of drug-likeness (QED) is 0.726. The molecule has 0 unspecified atom stereocenters. The maximum absolute atomic E-state index is 12.6. The van der Waals surface area contributed by atoms with Crippen molar-refractivity contribution in [3.05, 3.63) is 47.3 Å². The number of nitrogens with one attached hydrogen (secondary N) is 1. The van der Waals surface area contributed by atoms with Gasteiger partial charge in [-0.05, 0) is 43.5 Å². The van der Waals surface area contributed by atoms with E-state index in [1.807, 2.05) is 13.8 Å². The van der Waals surface area contributed by atoms with Crippen LogP contribution in [-0.4, -0.2) is 56.7 Å². The van der Waals surface area contributed by atoms with Crippen molar-refractivity contribution in [2.45, 2.75) is 18.1 Å². The lowest BCUT2D eigenvalue weighted by molar-refractivity contribution is -0.131. The summed E-state index contributed by atoms with van der Waals surface area (Å²) in [4.78, 5) is 27.8. The predicted molar refractivity (Wildman–Crippen MR) is 106 cm³/mol. The number of thiophene rings is 1. The molecule has 0 aliphatic rings. The highest BCUT2D eigenvalue weighted by atomic mass is 32.2. The van der Waals surface area contributed by atoms with Gasteiger partial charge >= 0.3 is 0 Å². The lowest BCUT2D eigenvalue weighted by Crippen LogP contribution is -2.41. The molecule has 7 nitrogen and oxygen atoms in total. The molecule has 0 spiro atoms. The summed E-state index contributed by atoms with van der Waals surface area (Å²) in [6.45, 7) is 4.89. The third kappa shape index (κ3) is 5.30. The highest BCUT2D eigenvalue weighted by molar-refractivity contribution is 7.94. The lowest BCUT2D eigenvalue weighted by atomic mass is 10.2. The normalized spacial score (nSPS) is 11.1. The van der Waals surface area contributed by atoms with Crippen molar-refractivity contribution in [2.24, 2.45) is 0 Å². The number of carbonyl (C=O) groups is 2. The van der Waals surface area contributed by atoms with Crippen molar-refractivity contribution in [3.63, 3.8) is 0 Å². The SMILES string of the molecule is CCN(CC)C(=O)CN(C)C(=O)c1cccc(NS(=O)(=O)c2cccs2)c1. The van der Waals surface area contributed by atoms with Gasteiger partial charge in [-0.1, -0.05) is 12.1 Å². The van der Waals surface area contributed by atoms with Gasteiger partial charge in [0.2, 0.25) is 5.91 Å². The van der Waals surface area contributed by atoms with Crippen LogP contribution in [0, 0.1) is 0 Å². The van der Waals surface area contributed by atoms with E-state index < -0.39 is 10.0 Å². The number of rotatable bonds is 8. The third-order valence-electron chi connectivity index (χ3n) is 3.96. The van der Waals surface area contributed by atoms with Crippen molar-refractivity contribution in [3.8, 4) is 0 Å².